The summed E-state index contributed by atoms with van der Waals surface area (Å²) in [6.45, 7) is 8.52. The summed E-state index contributed by atoms with van der Waals surface area (Å²) in [5, 5.41) is 10.7. The lowest BCUT2D eigenvalue weighted by Gasteiger charge is -1.98. The van der Waals surface area contributed by atoms with Gasteiger partial charge >= 0.3 is 0 Å². The fourth-order valence-electron chi connectivity index (χ4n) is 5.39. The van der Waals surface area contributed by atoms with Crippen molar-refractivity contribution in [3.8, 4) is 0 Å². The van der Waals surface area contributed by atoms with Gasteiger partial charge in [-0.3, -0.25) is 0 Å². The first-order valence-electron chi connectivity index (χ1n) is 15.3. The highest BCUT2D eigenvalue weighted by atomic mass is 14.0. The van der Waals surface area contributed by atoms with Crippen molar-refractivity contribution in [3.05, 3.63) is 192 Å². The van der Waals surface area contributed by atoms with Gasteiger partial charge in [-0.1, -0.05) is 181 Å². The summed E-state index contributed by atoms with van der Waals surface area (Å²) < 4.78 is 0. The van der Waals surface area contributed by atoms with Gasteiger partial charge in [0.25, 0.3) is 0 Å². The highest BCUT2D eigenvalue weighted by Gasteiger charge is 1.94. The molecule has 0 aliphatic rings. The molecule has 0 radical (unpaired) electrons. The second kappa shape index (κ2) is 14.8. The molecule has 0 saturated carbocycles. The van der Waals surface area contributed by atoms with Crippen molar-refractivity contribution in [2.45, 2.75) is 27.7 Å². The van der Waals surface area contributed by atoms with Crippen LogP contribution < -0.4 is 0 Å². The molecular formula is C44H40. The van der Waals surface area contributed by atoms with Crippen LogP contribution in [0.3, 0.4) is 0 Å². The first-order chi connectivity index (χ1) is 21.5. The highest BCUT2D eigenvalue weighted by Crippen LogP contribution is 2.18. The van der Waals surface area contributed by atoms with Gasteiger partial charge < -0.3 is 0 Å². The molecule has 0 spiro atoms. The van der Waals surface area contributed by atoms with Gasteiger partial charge in [0.05, 0.1) is 0 Å². The van der Waals surface area contributed by atoms with Crippen molar-refractivity contribution in [3.63, 3.8) is 0 Å². The molecule has 0 aliphatic carbocycles. The van der Waals surface area contributed by atoms with Crippen molar-refractivity contribution < 1.29 is 0 Å². The van der Waals surface area contributed by atoms with Crippen LogP contribution in [0.15, 0.2) is 170 Å². The monoisotopic (exact) mass is 568 g/mol. The van der Waals surface area contributed by atoms with Crippen molar-refractivity contribution >= 4 is 43.1 Å². The average Bonchev–Trinajstić information content (AvgIpc) is 3.06. The minimum Gasteiger partial charge on any atom is -0.0616 e. The van der Waals surface area contributed by atoms with Gasteiger partial charge in [-0.25, -0.2) is 0 Å². The molecule has 0 saturated heterocycles. The summed E-state index contributed by atoms with van der Waals surface area (Å²) in [5.41, 5.74) is 5.35. The zero-order valence-corrected chi connectivity index (χ0v) is 26.2. The van der Waals surface area contributed by atoms with Gasteiger partial charge in [-0.15, -0.1) is 0 Å². The van der Waals surface area contributed by atoms with Gasteiger partial charge in [0.15, 0.2) is 0 Å². The summed E-state index contributed by atoms with van der Waals surface area (Å²) in [6.07, 6.45) is 0. The summed E-state index contributed by atoms with van der Waals surface area (Å²) in [5.74, 6) is 0. The van der Waals surface area contributed by atoms with Crippen LogP contribution in [0, 0.1) is 27.7 Å². The van der Waals surface area contributed by atoms with Gasteiger partial charge in [0, 0.05) is 0 Å². The lowest BCUT2D eigenvalue weighted by molar-refractivity contribution is 1.51. The van der Waals surface area contributed by atoms with E-state index in [4.69, 9.17) is 0 Å². The zero-order valence-electron chi connectivity index (χ0n) is 26.2. The summed E-state index contributed by atoms with van der Waals surface area (Å²) in [7, 11) is 0. The second-order valence-electron chi connectivity index (χ2n) is 11.3. The van der Waals surface area contributed by atoms with Crippen LogP contribution in [-0.4, -0.2) is 0 Å². The minimum absolute atomic E-state index is 1.32. The fourth-order valence-corrected chi connectivity index (χ4v) is 5.39. The lowest BCUT2D eigenvalue weighted by Crippen LogP contribution is -1.75. The molecule has 0 amide bonds. The van der Waals surface area contributed by atoms with E-state index in [1.807, 2.05) is 0 Å². The van der Waals surface area contributed by atoms with Crippen molar-refractivity contribution in [2.75, 3.05) is 0 Å². The van der Waals surface area contributed by atoms with E-state index in [2.05, 4.69) is 198 Å². The molecule has 44 heavy (non-hydrogen) atoms. The van der Waals surface area contributed by atoms with E-state index in [1.54, 1.807) is 0 Å². The Morgan fingerprint density at radius 1 is 0.250 bits per heavy atom. The molecule has 8 aromatic carbocycles. The van der Waals surface area contributed by atoms with Gasteiger partial charge in [0.1, 0.15) is 0 Å². The van der Waals surface area contributed by atoms with Crippen LogP contribution in [0.1, 0.15) is 22.3 Å². The minimum atomic E-state index is 1.32. The Kier molecular flexibility index (Phi) is 10.2. The Balaban J connectivity index is 0.000000116. The van der Waals surface area contributed by atoms with E-state index in [9.17, 15) is 0 Å². The van der Waals surface area contributed by atoms with E-state index in [0.717, 1.165) is 0 Å². The molecule has 0 bridgehead atoms. The molecule has 216 valence electrons. The van der Waals surface area contributed by atoms with E-state index in [0.29, 0.717) is 0 Å². The largest absolute Gasteiger partial charge is 0.0616 e. The molecule has 0 N–H and O–H groups in total. The molecule has 0 fully saturated rings. The molecule has 0 heterocycles. The smallest absolute Gasteiger partial charge is 0.0155 e. The Bertz CT molecular complexity index is 1940. The number of aryl methyl sites for hydroxylation is 4. The van der Waals surface area contributed by atoms with Crippen LogP contribution in [0.4, 0.5) is 0 Å². The standard InChI is InChI=1S/4C11H10/c2*1-9-5-4-7-10-6-2-3-8-11(9)10;2*1-9-6-7-10-4-2-3-5-11(10)8-9/h4*2-8H,1H3. The second-order valence-corrected chi connectivity index (χ2v) is 11.3. The van der Waals surface area contributed by atoms with Gasteiger partial charge in [-0.05, 0) is 81.9 Å². The van der Waals surface area contributed by atoms with Crippen molar-refractivity contribution in [1.82, 2.24) is 0 Å². The maximum absolute atomic E-state index is 2.20. The zero-order chi connectivity index (χ0) is 30.7. The summed E-state index contributed by atoms with van der Waals surface area (Å²) in [4.78, 5) is 0. The number of fused-ring (bicyclic) bond motifs is 4. The third-order valence-electron chi connectivity index (χ3n) is 7.83. The van der Waals surface area contributed by atoms with E-state index >= 15 is 0 Å². The van der Waals surface area contributed by atoms with Gasteiger partial charge in [-0.2, -0.15) is 0 Å². The maximum atomic E-state index is 2.20. The lowest BCUT2D eigenvalue weighted by atomic mass is 10.1. The number of benzene rings is 8. The van der Waals surface area contributed by atoms with E-state index < -0.39 is 0 Å². The van der Waals surface area contributed by atoms with Crippen LogP contribution in [-0.2, 0) is 0 Å². The molecule has 0 aromatic heterocycles. The topological polar surface area (TPSA) is 0 Å². The maximum Gasteiger partial charge on any atom is -0.0155 e. The van der Waals surface area contributed by atoms with Crippen LogP contribution in [0.25, 0.3) is 43.1 Å². The molecule has 8 rings (SSSR count). The number of rotatable bonds is 0. The number of hydrogen-bond acceptors (Lipinski definition) is 0. The Morgan fingerprint density at radius 2 is 0.568 bits per heavy atom. The molecule has 0 unspecified atom stereocenters. The highest BCUT2D eigenvalue weighted by molar-refractivity contribution is 5.86. The molecule has 0 heteroatoms. The molecule has 8 aromatic rings. The van der Waals surface area contributed by atoms with Crippen LogP contribution in [0.5, 0.6) is 0 Å². The van der Waals surface area contributed by atoms with Gasteiger partial charge in [0.2, 0.25) is 0 Å². The molecule has 0 atom stereocenters. The third kappa shape index (κ3) is 8.00. The van der Waals surface area contributed by atoms with Crippen molar-refractivity contribution in [1.29, 1.82) is 0 Å². The quantitative estimate of drug-likeness (QED) is 0.171. The first-order valence-corrected chi connectivity index (χ1v) is 15.3. The van der Waals surface area contributed by atoms with E-state index in [-0.39, 0.29) is 0 Å². The Morgan fingerprint density at radius 3 is 0.955 bits per heavy atom. The normalized spacial score (nSPS) is 10.3. The summed E-state index contributed by atoms with van der Waals surface area (Å²) >= 11 is 0. The van der Waals surface area contributed by atoms with Crippen molar-refractivity contribution in [2.24, 2.45) is 0 Å². The summed E-state index contributed by atoms with van der Waals surface area (Å²) in [6, 6.07) is 59.5. The third-order valence-corrected chi connectivity index (χ3v) is 7.83. The predicted molar refractivity (Wildman–Crippen MR) is 195 cm³/mol. The Hall–Kier alpha value is -5.20. The molecule has 0 aliphatic heterocycles. The average molecular weight is 569 g/mol. The fraction of sp³-hybridized carbons (Fsp3) is 0.0909. The molecular weight excluding hydrogens is 528 g/mol. The van der Waals surface area contributed by atoms with E-state index in [1.165, 1.54) is 65.3 Å². The predicted octanol–water partition coefficient (Wildman–Crippen LogP) is 12.6. The molecule has 0 nitrogen and oxygen atoms in total. The first kappa shape index (κ1) is 30.3. The van der Waals surface area contributed by atoms with Crippen LogP contribution >= 0.6 is 0 Å². The number of hydrogen-bond donors (Lipinski definition) is 0. The Labute approximate surface area is 262 Å². The van der Waals surface area contributed by atoms with Crippen LogP contribution in [0.2, 0.25) is 0 Å². The SMILES string of the molecule is Cc1ccc2ccccc2c1.Cc1ccc2ccccc2c1.Cc1cccc2ccccc12.Cc1cccc2ccccc12.